The van der Waals surface area contributed by atoms with Crippen LogP contribution in [0.5, 0.6) is 0 Å². The number of nitrogens with zero attached hydrogens (tertiary/aromatic N) is 2. The van der Waals surface area contributed by atoms with Crippen LogP contribution in [0.25, 0.3) is 0 Å². The number of amides is 2. The van der Waals surface area contributed by atoms with Crippen LogP contribution in [0, 0.1) is 0 Å². The van der Waals surface area contributed by atoms with Gasteiger partial charge in [0, 0.05) is 23.5 Å². The lowest BCUT2D eigenvalue weighted by Crippen LogP contribution is -2.36. The summed E-state index contributed by atoms with van der Waals surface area (Å²) in [5, 5.41) is 2.74. The molecule has 0 saturated heterocycles. The molecule has 0 bridgehead atoms. The normalized spacial score (nSPS) is 12.8. The third-order valence-electron chi connectivity index (χ3n) is 5.08. The van der Waals surface area contributed by atoms with E-state index in [0.717, 1.165) is 24.1 Å². The highest BCUT2D eigenvalue weighted by molar-refractivity contribution is 6.08. The van der Waals surface area contributed by atoms with Crippen molar-refractivity contribution in [3.05, 3.63) is 89.2 Å². The van der Waals surface area contributed by atoms with E-state index in [0.29, 0.717) is 17.8 Å². The van der Waals surface area contributed by atoms with Gasteiger partial charge in [-0.05, 0) is 55.7 Å². The van der Waals surface area contributed by atoms with Crippen LogP contribution >= 0.6 is 0 Å². The second-order valence-corrected chi connectivity index (χ2v) is 7.19. The Bertz CT molecular complexity index is 1140. The minimum Gasteiger partial charge on any atom is -0.321 e. The molecule has 150 valence electrons. The summed E-state index contributed by atoms with van der Waals surface area (Å²) in [4.78, 5) is 43.3. The van der Waals surface area contributed by atoms with Crippen molar-refractivity contribution in [3.8, 4) is 0 Å². The van der Waals surface area contributed by atoms with Gasteiger partial charge in [-0.3, -0.25) is 14.4 Å². The standard InChI is InChI=1S/C24H21N3O3/c1-16(28)18-8-4-10-19(15-18)25-23(29)20-11-5-12-21(26-20)24(30)27-14-6-9-17-7-2-3-13-22(17)27/h2-5,7-8,10-13,15H,6,9,14H2,1H3,(H,25,29). The van der Waals surface area contributed by atoms with Crippen molar-refractivity contribution in [3.63, 3.8) is 0 Å². The van der Waals surface area contributed by atoms with E-state index >= 15 is 0 Å². The Labute approximate surface area is 174 Å². The van der Waals surface area contributed by atoms with Gasteiger partial charge in [0.15, 0.2) is 5.78 Å². The molecule has 0 radical (unpaired) electrons. The number of aromatic nitrogens is 1. The van der Waals surface area contributed by atoms with Gasteiger partial charge < -0.3 is 10.2 Å². The maximum atomic E-state index is 13.1. The van der Waals surface area contributed by atoms with Gasteiger partial charge in [0.1, 0.15) is 11.4 Å². The van der Waals surface area contributed by atoms with Crippen LogP contribution in [-0.2, 0) is 6.42 Å². The number of anilines is 2. The predicted octanol–water partition coefficient (Wildman–Crippen LogP) is 4.13. The van der Waals surface area contributed by atoms with Crippen LogP contribution in [0.4, 0.5) is 11.4 Å². The SMILES string of the molecule is CC(=O)c1cccc(NC(=O)c2cccc(C(=O)N3CCCc4ccccc43)n2)c1. The number of fused-ring (bicyclic) bond motifs is 1. The number of carbonyl (C=O) groups excluding carboxylic acids is 3. The molecule has 0 atom stereocenters. The summed E-state index contributed by atoms with van der Waals surface area (Å²) in [6.07, 6.45) is 1.82. The number of ketones is 1. The number of para-hydroxylation sites is 1. The molecule has 1 aliphatic heterocycles. The molecular weight excluding hydrogens is 378 g/mol. The van der Waals surface area contributed by atoms with Crippen LogP contribution in [0.15, 0.2) is 66.7 Å². The number of pyridine rings is 1. The fourth-order valence-electron chi connectivity index (χ4n) is 3.57. The van der Waals surface area contributed by atoms with E-state index in [2.05, 4.69) is 10.3 Å². The first-order valence-corrected chi connectivity index (χ1v) is 9.82. The quantitative estimate of drug-likeness (QED) is 0.669. The highest BCUT2D eigenvalue weighted by Crippen LogP contribution is 2.27. The average Bonchev–Trinajstić information content (AvgIpc) is 2.78. The van der Waals surface area contributed by atoms with Crippen molar-refractivity contribution in [2.45, 2.75) is 19.8 Å². The molecule has 4 rings (SSSR count). The molecule has 0 spiro atoms. The zero-order valence-corrected chi connectivity index (χ0v) is 16.6. The molecule has 1 aromatic heterocycles. The predicted molar refractivity (Wildman–Crippen MR) is 115 cm³/mol. The van der Waals surface area contributed by atoms with Gasteiger partial charge in [0.25, 0.3) is 11.8 Å². The molecular formula is C24H21N3O3. The fourth-order valence-corrected chi connectivity index (χ4v) is 3.57. The zero-order chi connectivity index (χ0) is 21.1. The van der Waals surface area contributed by atoms with Crippen molar-refractivity contribution < 1.29 is 14.4 Å². The van der Waals surface area contributed by atoms with Crippen molar-refractivity contribution in [2.75, 3.05) is 16.8 Å². The lowest BCUT2D eigenvalue weighted by molar-refractivity contribution is 0.0977. The lowest BCUT2D eigenvalue weighted by atomic mass is 10.0. The molecule has 6 heteroatoms. The lowest BCUT2D eigenvalue weighted by Gasteiger charge is -2.29. The molecule has 2 amide bonds. The van der Waals surface area contributed by atoms with Gasteiger partial charge in [-0.15, -0.1) is 0 Å². The van der Waals surface area contributed by atoms with Crippen LogP contribution in [-0.4, -0.2) is 29.1 Å². The van der Waals surface area contributed by atoms with Crippen LogP contribution in [0.3, 0.4) is 0 Å². The summed E-state index contributed by atoms with van der Waals surface area (Å²) < 4.78 is 0. The number of benzene rings is 2. The molecule has 2 heterocycles. The number of rotatable bonds is 4. The van der Waals surface area contributed by atoms with Gasteiger partial charge in [-0.1, -0.05) is 36.4 Å². The highest BCUT2D eigenvalue weighted by Gasteiger charge is 2.24. The molecule has 30 heavy (non-hydrogen) atoms. The van der Waals surface area contributed by atoms with Gasteiger partial charge in [-0.2, -0.15) is 0 Å². The first-order valence-electron chi connectivity index (χ1n) is 9.82. The van der Waals surface area contributed by atoms with Crippen molar-refractivity contribution in [2.24, 2.45) is 0 Å². The maximum Gasteiger partial charge on any atom is 0.276 e. The van der Waals surface area contributed by atoms with E-state index in [4.69, 9.17) is 0 Å². The Hall–Kier alpha value is -3.80. The Morgan fingerprint density at radius 3 is 2.53 bits per heavy atom. The zero-order valence-electron chi connectivity index (χ0n) is 16.6. The maximum absolute atomic E-state index is 13.1. The number of carbonyl (C=O) groups is 3. The van der Waals surface area contributed by atoms with Gasteiger partial charge in [0.05, 0.1) is 0 Å². The molecule has 0 saturated carbocycles. The van der Waals surface area contributed by atoms with Gasteiger partial charge in [-0.25, -0.2) is 4.98 Å². The number of nitrogens with one attached hydrogen (secondary N) is 1. The van der Waals surface area contributed by atoms with E-state index in [-0.39, 0.29) is 23.1 Å². The highest BCUT2D eigenvalue weighted by atomic mass is 16.2. The summed E-state index contributed by atoms with van der Waals surface area (Å²) in [7, 11) is 0. The second kappa shape index (κ2) is 8.29. The minimum atomic E-state index is -0.440. The first kappa shape index (κ1) is 19.5. The molecule has 3 aromatic rings. The molecule has 1 aliphatic rings. The van der Waals surface area contributed by atoms with E-state index in [1.54, 1.807) is 47.4 Å². The van der Waals surface area contributed by atoms with Crippen molar-refractivity contribution in [1.82, 2.24) is 4.98 Å². The van der Waals surface area contributed by atoms with E-state index in [1.807, 2.05) is 24.3 Å². The topological polar surface area (TPSA) is 79.4 Å². The molecule has 1 N–H and O–H groups in total. The summed E-state index contributed by atoms with van der Waals surface area (Å²) in [5.74, 6) is -0.751. The summed E-state index contributed by atoms with van der Waals surface area (Å²) in [6.45, 7) is 2.09. The average molecular weight is 399 g/mol. The number of hydrogen-bond donors (Lipinski definition) is 1. The summed E-state index contributed by atoms with van der Waals surface area (Å²) in [6, 6.07) is 19.4. The van der Waals surface area contributed by atoms with Crippen LogP contribution < -0.4 is 10.2 Å². The van der Waals surface area contributed by atoms with E-state index in [1.165, 1.54) is 6.92 Å². The molecule has 6 nitrogen and oxygen atoms in total. The number of hydrogen-bond acceptors (Lipinski definition) is 4. The Balaban J connectivity index is 1.56. The number of aryl methyl sites for hydroxylation is 1. The Morgan fingerprint density at radius 2 is 1.70 bits per heavy atom. The van der Waals surface area contributed by atoms with Crippen LogP contribution in [0.1, 0.15) is 50.2 Å². The third kappa shape index (κ3) is 3.98. The van der Waals surface area contributed by atoms with Gasteiger partial charge in [0.2, 0.25) is 0 Å². The largest absolute Gasteiger partial charge is 0.321 e. The van der Waals surface area contributed by atoms with Crippen molar-refractivity contribution in [1.29, 1.82) is 0 Å². The fraction of sp³-hybridized carbons (Fsp3) is 0.167. The Kier molecular flexibility index (Phi) is 5.39. The van der Waals surface area contributed by atoms with E-state index < -0.39 is 5.91 Å². The molecule has 0 aliphatic carbocycles. The monoisotopic (exact) mass is 399 g/mol. The van der Waals surface area contributed by atoms with E-state index in [9.17, 15) is 14.4 Å². The summed E-state index contributed by atoms with van der Waals surface area (Å²) >= 11 is 0. The molecule has 0 fully saturated rings. The summed E-state index contributed by atoms with van der Waals surface area (Å²) in [5.41, 5.74) is 3.39. The number of Topliss-reactive ketones (excluding diaryl/α,β-unsaturated/α-hetero) is 1. The van der Waals surface area contributed by atoms with Gasteiger partial charge >= 0.3 is 0 Å². The smallest absolute Gasteiger partial charge is 0.276 e. The van der Waals surface area contributed by atoms with Crippen molar-refractivity contribution >= 4 is 29.0 Å². The second-order valence-electron chi connectivity index (χ2n) is 7.19. The molecule has 2 aromatic carbocycles. The van der Waals surface area contributed by atoms with Crippen LogP contribution in [0.2, 0.25) is 0 Å². The third-order valence-corrected chi connectivity index (χ3v) is 5.08. The first-order chi connectivity index (χ1) is 14.5. The minimum absolute atomic E-state index is 0.0846. The Morgan fingerprint density at radius 1 is 0.933 bits per heavy atom. The molecule has 0 unspecified atom stereocenters.